The summed E-state index contributed by atoms with van der Waals surface area (Å²) in [6.07, 6.45) is -0.138. The average molecular weight is 399 g/mol. The molecule has 0 aliphatic carbocycles. The maximum Gasteiger partial charge on any atom is 0.252 e. The van der Waals surface area contributed by atoms with Gasteiger partial charge in [-0.15, -0.1) is 0 Å². The molecule has 2 amide bonds. The third-order valence-corrected chi connectivity index (χ3v) is 4.22. The molecule has 1 atom stereocenters. The Kier molecular flexibility index (Phi) is 5.90. The number of amides is 2. The predicted molar refractivity (Wildman–Crippen MR) is 110 cm³/mol. The Morgan fingerprint density at radius 1 is 1.21 bits per heavy atom. The number of guanidine groups is 2. The van der Waals surface area contributed by atoms with Gasteiger partial charge in [0.25, 0.3) is 5.91 Å². The number of nitrogens with zero attached hydrogens (tertiary/aromatic N) is 2. The Balaban J connectivity index is 1.61. The highest BCUT2D eigenvalue weighted by Crippen LogP contribution is 2.21. The number of carbonyl (C=O) groups excluding carboxylic acids is 2. The monoisotopic (exact) mass is 398 g/mol. The maximum absolute atomic E-state index is 12.2. The summed E-state index contributed by atoms with van der Waals surface area (Å²) in [6.45, 7) is 1.98. The second-order valence-corrected chi connectivity index (χ2v) is 6.59. The summed E-state index contributed by atoms with van der Waals surface area (Å²) < 4.78 is 0. The molecule has 0 saturated carbocycles. The lowest BCUT2D eigenvalue weighted by Gasteiger charge is -2.08. The molecule has 144 valence electrons. The zero-order valence-electron chi connectivity index (χ0n) is 15.1. The molecular weight excluding hydrogens is 380 g/mol. The van der Waals surface area contributed by atoms with Gasteiger partial charge in [-0.25, -0.2) is 4.99 Å². The first kappa shape index (κ1) is 19.4. The number of aliphatic imine (C=N–C) groups is 2. The van der Waals surface area contributed by atoms with Crippen LogP contribution >= 0.6 is 11.6 Å². The Morgan fingerprint density at radius 3 is 2.64 bits per heavy atom. The molecule has 0 saturated heterocycles. The molecule has 8 nitrogen and oxygen atoms in total. The van der Waals surface area contributed by atoms with Gasteiger partial charge in [0.05, 0.1) is 17.1 Å². The third kappa shape index (κ3) is 5.08. The van der Waals surface area contributed by atoms with Gasteiger partial charge in [-0.05, 0) is 31.2 Å². The van der Waals surface area contributed by atoms with E-state index >= 15 is 0 Å². The largest absolute Gasteiger partial charge is 0.369 e. The quantitative estimate of drug-likeness (QED) is 0.466. The van der Waals surface area contributed by atoms with Crippen molar-refractivity contribution in [3.8, 4) is 0 Å². The van der Waals surface area contributed by atoms with E-state index in [4.69, 9.17) is 17.3 Å². The second-order valence-electron chi connectivity index (χ2n) is 6.18. The van der Waals surface area contributed by atoms with E-state index < -0.39 is 11.9 Å². The zero-order valence-corrected chi connectivity index (χ0v) is 15.8. The summed E-state index contributed by atoms with van der Waals surface area (Å²) in [4.78, 5) is 32.4. The zero-order chi connectivity index (χ0) is 20.1. The van der Waals surface area contributed by atoms with Crippen LogP contribution in [0.15, 0.2) is 58.5 Å². The van der Waals surface area contributed by atoms with Crippen molar-refractivity contribution in [1.82, 2.24) is 5.32 Å². The van der Waals surface area contributed by atoms with E-state index in [9.17, 15) is 9.59 Å². The Bertz CT molecular complexity index is 955. The van der Waals surface area contributed by atoms with E-state index in [1.54, 1.807) is 24.3 Å². The SMILES string of the molecule is Cc1ccc(N/C(N)=N/C2=NC(CC(=O)Nc3ccccc3Cl)C(=O)N2)cc1. The summed E-state index contributed by atoms with van der Waals surface area (Å²) in [5.41, 5.74) is 8.19. The van der Waals surface area contributed by atoms with E-state index in [0.717, 1.165) is 11.3 Å². The molecule has 3 rings (SSSR count). The Morgan fingerprint density at radius 2 is 1.93 bits per heavy atom. The molecule has 1 aliphatic rings. The molecule has 2 aromatic carbocycles. The van der Waals surface area contributed by atoms with Gasteiger partial charge >= 0.3 is 0 Å². The number of para-hydroxylation sites is 1. The fourth-order valence-corrected chi connectivity index (χ4v) is 2.68. The van der Waals surface area contributed by atoms with Crippen molar-refractivity contribution >= 4 is 46.7 Å². The molecule has 0 radical (unpaired) electrons. The summed E-state index contributed by atoms with van der Waals surface area (Å²) in [7, 11) is 0. The lowest BCUT2D eigenvalue weighted by atomic mass is 10.2. The summed E-state index contributed by atoms with van der Waals surface area (Å²) in [5, 5.41) is 8.48. The summed E-state index contributed by atoms with van der Waals surface area (Å²) >= 11 is 6.01. The minimum absolute atomic E-state index is 0.0534. The first-order valence-electron chi connectivity index (χ1n) is 8.51. The van der Waals surface area contributed by atoms with Crippen LogP contribution in [0.3, 0.4) is 0 Å². The van der Waals surface area contributed by atoms with Gasteiger partial charge < -0.3 is 16.4 Å². The molecule has 1 heterocycles. The van der Waals surface area contributed by atoms with Crippen molar-refractivity contribution in [2.24, 2.45) is 15.7 Å². The van der Waals surface area contributed by atoms with Gasteiger partial charge in [-0.2, -0.15) is 4.99 Å². The van der Waals surface area contributed by atoms with Gasteiger partial charge in [0.2, 0.25) is 17.8 Å². The Labute approximate surface area is 166 Å². The van der Waals surface area contributed by atoms with Crippen LogP contribution < -0.4 is 21.7 Å². The minimum atomic E-state index is -0.881. The van der Waals surface area contributed by atoms with Gasteiger partial charge in [0.1, 0.15) is 6.04 Å². The molecule has 1 aliphatic heterocycles. The van der Waals surface area contributed by atoms with Crippen LogP contribution in [0.2, 0.25) is 5.02 Å². The highest BCUT2D eigenvalue weighted by atomic mass is 35.5. The fraction of sp³-hybridized carbons (Fsp3) is 0.158. The predicted octanol–water partition coefficient (Wildman–Crippen LogP) is 2.26. The molecule has 0 bridgehead atoms. The first-order chi connectivity index (χ1) is 13.4. The van der Waals surface area contributed by atoms with Crippen molar-refractivity contribution in [3.63, 3.8) is 0 Å². The van der Waals surface area contributed by atoms with Crippen LogP contribution in [0.1, 0.15) is 12.0 Å². The number of halogens is 1. The number of aryl methyl sites for hydroxylation is 1. The number of nitrogens with two attached hydrogens (primary N) is 1. The summed E-state index contributed by atoms with van der Waals surface area (Å²) in [5.74, 6) is -0.675. The molecular formula is C19H19ClN6O2. The van der Waals surface area contributed by atoms with E-state index in [1.807, 2.05) is 31.2 Å². The second kappa shape index (κ2) is 8.53. The molecule has 0 aromatic heterocycles. The summed E-state index contributed by atoms with van der Waals surface area (Å²) in [6, 6.07) is 13.5. The molecule has 9 heteroatoms. The molecule has 2 aromatic rings. The van der Waals surface area contributed by atoms with Gasteiger partial charge in [-0.3, -0.25) is 14.9 Å². The first-order valence-corrected chi connectivity index (χ1v) is 8.89. The van der Waals surface area contributed by atoms with Gasteiger partial charge in [0, 0.05) is 5.69 Å². The number of carbonyl (C=O) groups is 2. The fourth-order valence-electron chi connectivity index (χ4n) is 2.49. The molecule has 0 fully saturated rings. The molecule has 28 heavy (non-hydrogen) atoms. The van der Waals surface area contributed by atoms with Crippen LogP contribution in [-0.2, 0) is 9.59 Å². The van der Waals surface area contributed by atoms with E-state index in [2.05, 4.69) is 25.9 Å². The highest BCUT2D eigenvalue weighted by molar-refractivity contribution is 6.33. The van der Waals surface area contributed by atoms with Crippen LogP contribution in [0.4, 0.5) is 11.4 Å². The van der Waals surface area contributed by atoms with Gasteiger partial charge in [0.15, 0.2) is 0 Å². The Hall–Kier alpha value is -3.39. The van der Waals surface area contributed by atoms with Crippen LogP contribution in [0.5, 0.6) is 0 Å². The maximum atomic E-state index is 12.2. The number of rotatable bonds is 4. The van der Waals surface area contributed by atoms with Crippen molar-refractivity contribution in [2.45, 2.75) is 19.4 Å². The van der Waals surface area contributed by atoms with E-state index in [-0.39, 0.29) is 24.2 Å². The topological polar surface area (TPSA) is 121 Å². The number of nitrogens with one attached hydrogen (secondary N) is 3. The van der Waals surface area contributed by atoms with Crippen molar-refractivity contribution in [1.29, 1.82) is 0 Å². The number of anilines is 2. The van der Waals surface area contributed by atoms with Crippen LogP contribution in [-0.4, -0.2) is 29.8 Å². The number of hydrogen-bond donors (Lipinski definition) is 4. The minimum Gasteiger partial charge on any atom is -0.369 e. The standard InChI is InChI=1S/C19H19ClN6O2/c1-11-6-8-12(9-7-11)22-18(21)26-19-24-15(17(28)25-19)10-16(27)23-14-5-3-2-4-13(14)20/h2-9,15H,10H2,1H3,(H,23,27)(H4,21,22,24,25,26,28). The third-order valence-electron chi connectivity index (χ3n) is 3.89. The van der Waals surface area contributed by atoms with E-state index in [1.165, 1.54) is 0 Å². The van der Waals surface area contributed by atoms with Crippen molar-refractivity contribution in [2.75, 3.05) is 10.6 Å². The highest BCUT2D eigenvalue weighted by Gasteiger charge is 2.28. The smallest absolute Gasteiger partial charge is 0.252 e. The molecule has 1 unspecified atom stereocenters. The lowest BCUT2D eigenvalue weighted by Crippen LogP contribution is -2.32. The lowest BCUT2D eigenvalue weighted by molar-refractivity contribution is -0.123. The van der Waals surface area contributed by atoms with Gasteiger partial charge in [-0.1, -0.05) is 41.4 Å². The number of hydrogen-bond acceptors (Lipinski definition) is 4. The number of benzene rings is 2. The average Bonchev–Trinajstić information content (AvgIpc) is 2.97. The van der Waals surface area contributed by atoms with Crippen LogP contribution in [0, 0.1) is 6.92 Å². The van der Waals surface area contributed by atoms with Crippen molar-refractivity contribution in [3.05, 3.63) is 59.1 Å². The molecule has 0 spiro atoms. The van der Waals surface area contributed by atoms with Crippen LogP contribution in [0.25, 0.3) is 0 Å². The molecule has 5 N–H and O–H groups in total. The van der Waals surface area contributed by atoms with E-state index in [0.29, 0.717) is 10.7 Å². The van der Waals surface area contributed by atoms with Crippen molar-refractivity contribution < 1.29 is 9.59 Å². The normalized spacial score (nSPS) is 16.4.